The lowest BCUT2D eigenvalue weighted by Gasteiger charge is -2.11. The Balaban J connectivity index is 3.31. The maximum Gasteiger partial charge on any atom is 0.534 e. The minimum absolute atomic E-state index is 0.0260. The maximum atomic E-state index is 12.2. The van der Waals surface area contributed by atoms with Crippen molar-refractivity contribution < 1.29 is 30.6 Å². The Hall–Kier alpha value is -2.08. The fourth-order valence-electron chi connectivity index (χ4n) is 1.10. The van der Waals surface area contributed by atoms with Crippen molar-refractivity contribution in [2.75, 3.05) is 0 Å². The lowest BCUT2D eigenvalue weighted by molar-refractivity contribution is -0.0500. The van der Waals surface area contributed by atoms with Crippen molar-refractivity contribution in [2.24, 2.45) is 0 Å². The number of hydrogen-bond donors (Lipinski definition) is 0. The molecule has 0 aliphatic rings. The van der Waals surface area contributed by atoms with Gasteiger partial charge in [-0.2, -0.15) is 21.6 Å². The molecule has 1 aromatic carbocycles. The minimum Gasteiger partial charge on any atom is -0.375 e. The summed E-state index contributed by atoms with van der Waals surface area (Å²) in [6, 6.07) is 2.82. The Morgan fingerprint density at radius 2 is 1.95 bits per heavy atom. The molecule has 0 unspecified atom stereocenters. The zero-order valence-electron chi connectivity index (χ0n) is 9.35. The van der Waals surface area contributed by atoms with Crippen LogP contribution in [0.4, 0.5) is 18.9 Å². The summed E-state index contributed by atoms with van der Waals surface area (Å²) in [5.41, 5.74) is -6.04. The molecule has 0 N–H and O–H groups in total. The van der Waals surface area contributed by atoms with Crippen LogP contribution in [0, 0.1) is 6.57 Å². The minimum atomic E-state index is -5.86. The molecule has 0 aliphatic heterocycles. The van der Waals surface area contributed by atoms with Gasteiger partial charge in [0.15, 0.2) is 17.2 Å². The fraction of sp³-hybridized carbons (Fsp3) is 0.200. The van der Waals surface area contributed by atoms with E-state index >= 15 is 0 Å². The van der Waals surface area contributed by atoms with Gasteiger partial charge >= 0.3 is 15.6 Å². The smallest absolute Gasteiger partial charge is 0.375 e. The lowest BCUT2D eigenvalue weighted by atomic mass is 10.1. The van der Waals surface area contributed by atoms with E-state index in [1.165, 1.54) is 0 Å². The van der Waals surface area contributed by atoms with Gasteiger partial charge in [0.2, 0.25) is 0 Å². The second kappa shape index (κ2) is 4.89. The quantitative estimate of drug-likeness (QED) is 0.372. The molecular weight excluding hydrogens is 287 g/mol. The molecule has 0 amide bonds. The molecule has 0 aromatic heterocycles. The topological polar surface area (TPSA) is 64.8 Å². The van der Waals surface area contributed by atoms with Crippen molar-refractivity contribution in [3.63, 3.8) is 0 Å². The monoisotopic (exact) mass is 293 g/mol. The van der Waals surface area contributed by atoms with Gasteiger partial charge in [0.1, 0.15) is 0 Å². The first-order chi connectivity index (χ1) is 8.58. The van der Waals surface area contributed by atoms with Gasteiger partial charge in [0, 0.05) is 0 Å². The third kappa shape index (κ3) is 3.23. The molecule has 0 aliphatic carbocycles. The van der Waals surface area contributed by atoms with Gasteiger partial charge in [0.05, 0.1) is 12.1 Å². The van der Waals surface area contributed by atoms with Crippen LogP contribution in [0.5, 0.6) is 5.75 Å². The largest absolute Gasteiger partial charge is 0.534 e. The molecule has 0 radical (unpaired) electrons. The molecule has 9 heteroatoms. The van der Waals surface area contributed by atoms with Crippen LogP contribution in [-0.2, 0) is 10.1 Å². The summed E-state index contributed by atoms with van der Waals surface area (Å²) in [5.74, 6) is -1.49. The second-order valence-electron chi connectivity index (χ2n) is 3.33. The van der Waals surface area contributed by atoms with E-state index in [0.29, 0.717) is 0 Å². The van der Waals surface area contributed by atoms with Crippen LogP contribution >= 0.6 is 0 Å². The Labute approximate surface area is 106 Å². The standard InChI is InChI=1S/C10H6F3NO4S/c1-6(15)8-5-7(14-2)3-4-9(8)18-19(16,17)10(11,12)13/h3-5H,1H3. The molecular formula is C10H6F3NO4S. The normalized spacial score (nSPS) is 11.7. The van der Waals surface area contributed by atoms with Gasteiger partial charge in [-0.1, -0.05) is 6.07 Å². The molecule has 102 valence electrons. The number of carbonyl (C=O) groups excluding carboxylic acids is 1. The van der Waals surface area contributed by atoms with Crippen molar-refractivity contribution in [3.05, 3.63) is 35.2 Å². The summed E-state index contributed by atoms with van der Waals surface area (Å²) in [5, 5.41) is 0. The van der Waals surface area contributed by atoms with E-state index in [1.807, 2.05) is 0 Å². The summed E-state index contributed by atoms with van der Waals surface area (Å²) in [6.45, 7) is 7.72. The van der Waals surface area contributed by atoms with E-state index < -0.39 is 32.7 Å². The van der Waals surface area contributed by atoms with E-state index in [9.17, 15) is 26.4 Å². The molecule has 0 spiro atoms. The molecule has 19 heavy (non-hydrogen) atoms. The van der Waals surface area contributed by atoms with Crippen LogP contribution in [0.3, 0.4) is 0 Å². The number of carbonyl (C=O) groups is 1. The van der Waals surface area contributed by atoms with E-state index in [-0.39, 0.29) is 5.69 Å². The van der Waals surface area contributed by atoms with Gasteiger partial charge in [0.25, 0.3) is 0 Å². The highest BCUT2D eigenvalue weighted by Gasteiger charge is 2.48. The molecule has 1 rings (SSSR count). The fourth-order valence-corrected chi connectivity index (χ4v) is 1.58. The highest BCUT2D eigenvalue weighted by Crippen LogP contribution is 2.31. The molecule has 0 bridgehead atoms. The van der Waals surface area contributed by atoms with E-state index in [1.54, 1.807) is 0 Å². The first-order valence-corrected chi connectivity index (χ1v) is 6.02. The summed E-state index contributed by atoms with van der Waals surface area (Å²) in [7, 11) is -5.86. The number of nitrogens with zero attached hydrogens (tertiary/aromatic N) is 1. The van der Waals surface area contributed by atoms with Crippen LogP contribution in [0.15, 0.2) is 18.2 Å². The molecule has 0 fully saturated rings. The SMILES string of the molecule is [C-]#[N+]c1ccc(OS(=O)(=O)C(F)(F)F)c(C(C)=O)c1. The Morgan fingerprint density at radius 3 is 2.37 bits per heavy atom. The first kappa shape index (κ1) is 15.0. The zero-order valence-corrected chi connectivity index (χ0v) is 10.2. The number of benzene rings is 1. The van der Waals surface area contributed by atoms with E-state index in [4.69, 9.17) is 6.57 Å². The Kier molecular flexibility index (Phi) is 3.86. The number of hydrogen-bond acceptors (Lipinski definition) is 4. The van der Waals surface area contributed by atoms with Crippen LogP contribution in [0.2, 0.25) is 0 Å². The van der Waals surface area contributed by atoms with Gasteiger partial charge in [-0.3, -0.25) is 4.79 Å². The predicted molar refractivity (Wildman–Crippen MR) is 58.3 cm³/mol. The molecule has 1 aromatic rings. The highest BCUT2D eigenvalue weighted by atomic mass is 32.2. The Bertz CT molecular complexity index is 658. The lowest BCUT2D eigenvalue weighted by Crippen LogP contribution is -2.28. The molecule has 0 heterocycles. The van der Waals surface area contributed by atoms with Crippen molar-refractivity contribution in [3.8, 4) is 5.75 Å². The number of halogens is 3. The molecule has 5 nitrogen and oxygen atoms in total. The third-order valence-corrected chi connectivity index (χ3v) is 2.92. The van der Waals surface area contributed by atoms with Crippen LogP contribution in [0.1, 0.15) is 17.3 Å². The van der Waals surface area contributed by atoms with Crippen LogP contribution in [-0.4, -0.2) is 19.7 Å². The first-order valence-electron chi connectivity index (χ1n) is 4.61. The van der Waals surface area contributed by atoms with Crippen molar-refractivity contribution in [2.45, 2.75) is 12.4 Å². The second-order valence-corrected chi connectivity index (χ2v) is 4.87. The van der Waals surface area contributed by atoms with Crippen LogP contribution < -0.4 is 4.18 Å². The maximum absolute atomic E-state index is 12.2. The van der Waals surface area contributed by atoms with Crippen molar-refractivity contribution >= 4 is 21.6 Å². The number of Topliss-reactive ketones (excluding diaryl/α,β-unsaturated/α-hetero) is 1. The molecule has 0 saturated heterocycles. The predicted octanol–water partition coefficient (Wildman–Crippen LogP) is 2.67. The number of alkyl halides is 3. The number of ketones is 1. The average molecular weight is 293 g/mol. The van der Waals surface area contributed by atoms with E-state index in [2.05, 4.69) is 9.03 Å². The summed E-state index contributed by atoms with van der Waals surface area (Å²) in [4.78, 5) is 14.2. The van der Waals surface area contributed by atoms with E-state index in [0.717, 1.165) is 25.1 Å². The molecule has 0 saturated carbocycles. The average Bonchev–Trinajstić information content (AvgIpc) is 2.27. The van der Waals surface area contributed by atoms with Crippen LogP contribution in [0.25, 0.3) is 4.85 Å². The van der Waals surface area contributed by atoms with Gasteiger partial charge in [-0.25, -0.2) is 4.85 Å². The van der Waals surface area contributed by atoms with Gasteiger partial charge in [-0.15, -0.1) is 0 Å². The van der Waals surface area contributed by atoms with Crippen molar-refractivity contribution in [1.29, 1.82) is 0 Å². The zero-order chi connectivity index (χ0) is 14.8. The third-order valence-electron chi connectivity index (χ3n) is 1.95. The summed E-state index contributed by atoms with van der Waals surface area (Å²) >= 11 is 0. The summed E-state index contributed by atoms with van der Waals surface area (Å²) in [6.07, 6.45) is 0. The molecule has 0 atom stereocenters. The number of rotatable bonds is 3. The van der Waals surface area contributed by atoms with Gasteiger partial charge < -0.3 is 4.18 Å². The Morgan fingerprint density at radius 1 is 1.37 bits per heavy atom. The van der Waals surface area contributed by atoms with Gasteiger partial charge in [-0.05, 0) is 19.1 Å². The van der Waals surface area contributed by atoms with Crippen molar-refractivity contribution in [1.82, 2.24) is 0 Å². The highest BCUT2D eigenvalue weighted by molar-refractivity contribution is 7.88. The summed E-state index contributed by atoms with van der Waals surface area (Å²) < 4.78 is 62.0.